The second-order valence-corrected chi connectivity index (χ2v) is 10.2. The van der Waals surface area contributed by atoms with Gasteiger partial charge in [0.05, 0.1) is 4.90 Å². The van der Waals surface area contributed by atoms with Crippen molar-refractivity contribution in [3.63, 3.8) is 0 Å². The summed E-state index contributed by atoms with van der Waals surface area (Å²) in [7, 11) is -3.56. The molecule has 3 rings (SSSR count). The molecule has 2 aliphatic rings. The van der Waals surface area contributed by atoms with Crippen LogP contribution in [0.4, 0.5) is 0 Å². The van der Waals surface area contributed by atoms with Gasteiger partial charge in [0, 0.05) is 25.2 Å². The Morgan fingerprint density at radius 1 is 0.900 bits per heavy atom. The van der Waals surface area contributed by atoms with Gasteiger partial charge in [0.2, 0.25) is 10.0 Å². The van der Waals surface area contributed by atoms with E-state index in [4.69, 9.17) is 0 Å². The van der Waals surface area contributed by atoms with Crippen molar-refractivity contribution in [1.82, 2.24) is 14.9 Å². The summed E-state index contributed by atoms with van der Waals surface area (Å²) in [6, 6.07) is 8.37. The van der Waals surface area contributed by atoms with Crippen LogP contribution >= 0.6 is 0 Å². The second kappa shape index (κ2) is 10.9. The largest absolute Gasteiger partial charge is 0.348 e. The SMILES string of the molecule is O=C(NCC[C@@H]1CCCCN1S(=O)(=O)c1ccccc1)C(=O)NC1CCCCCC1. The van der Waals surface area contributed by atoms with E-state index in [1.165, 1.54) is 12.8 Å². The van der Waals surface area contributed by atoms with Crippen LogP contribution in [0, 0.1) is 0 Å². The number of piperidine rings is 1. The van der Waals surface area contributed by atoms with Crippen LogP contribution in [0.15, 0.2) is 35.2 Å². The molecule has 1 atom stereocenters. The van der Waals surface area contributed by atoms with E-state index in [9.17, 15) is 18.0 Å². The summed E-state index contributed by atoms with van der Waals surface area (Å²) >= 11 is 0. The highest BCUT2D eigenvalue weighted by Crippen LogP contribution is 2.26. The molecule has 1 aromatic carbocycles. The van der Waals surface area contributed by atoms with Crippen molar-refractivity contribution in [2.24, 2.45) is 0 Å². The van der Waals surface area contributed by atoms with Crippen LogP contribution in [0.5, 0.6) is 0 Å². The Labute approximate surface area is 179 Å². The average molecular weight is 436 g/mol. The summed E-state index contributed by atoms with van der Waals surface area (Å²) in [4.78, 5) is 24.7. The number of rotatable bonds is 6. The molecule has 1 saturated carbocycles. The number of hydrogen-bond acceptors (Lipinski definition) is 4. The molecule has 30 heavy (non-hydrogen) atoms. The first-order valence-corrected chi connectivity index (χ1v) is 12.6. The molecule has 2 fully saturated rings. The Morgan fingerprint density at radius 2 is 1.57 bits per heavy atom. The molecule has 1 saturated heterocycles. The van der Waals surface area contributed by atoms with E-state index in [0.29, 0.717) is 17.9 Å². The maximum atomic E-state index is 13.0. The summed E-state index contributed by atoms with van der Waals surface area (Å²) in [6.45, 7) is 0.764. The molecular formula is C22H33N3O4S. The molecule has 2 N–H and O–H groups in total. The van der Waals surface area contributed by atoms with Gasteiger partial charge < -0.3 is 10.6 Å². The third-order valence-electron chi connectivity index (χ3n) is 6.08. The van der Waals surface area contributed by atoms with Gasteiger partial charge >= 0.3 is 11.8 Å². The number of carbonyl (C=O) groups excluding carboxylic acids is 2. The molecule has 0 aromatic heterocycles. The molecule has 1 heterocycles. The van der Waals surface area contributed by atoms with Crippen molar-refractivity contribution in [2.45, 2.75) is 81.2 Å². The first-order chi connectivity index (χ1) is 14.5. The predicted molar refractivity (Wildman–Crippen MR) is 115 cm³/mol. The van der Waals surface area contributed by atoms with Gasteiger partial charge in [0.25, 0.3) is 0 Å². The molecule has 1 aliphatic heterocycles. The fourth-order valence-corrected chi connectivity index (χ4v) is 6.16. The molecule has 1 aliphatic carbocycles. The lowest BCUT2D eigenvalue weighted by Gasteiger charge is -2.34. The zero-order valence-electron chi connectivity index (χ0n) is 17.5. The first kappa shape index (κ1) is 22.7. The number of sulfonamides is 1. The number of nitrogens with zero attached hydrogens (tertiary/aromatic N) is 1. The molecule has 0 unspecified atom stereocenters. The van der Waals surface area contributed by atoms with Gasteiger partial charge in [0.15, 0.2) is 0 Å². The van der Waals surface area contributed by atoms with E-state index in [0.717, 1.165) is 44.9 Å². The quantitative estimate of drug-likeness (QED) is 0.530. The third kappa shape index (κ3) is 6.04. The van der Waals surface area contributed by atoms with Gasteiger partial charge in [0.1, 0.15) is 0 Å². The highest BCUT2D eigenvalue weighted by Gasteiger charge is 2.33. The van der Waals surface area contributed by atoms with Crippen LogP contribution in [-0.4, -0.2) is 49.7 Å². The third-order valence-corrected chi connectivity index (χ3v) is 8.05. The van der Waals surface area contributed by atoms with Gasteiger partial charge in [-0.3, -0.25) is 9.59 Å². The molecule has 7 nitrogen and oxygen atoms in total. The minimum atomic E-state index is -3.56. The van der Waals surface area contributed by atoms with E-state index >= 15 is 0 Å². The Balaban J connectivity index is 1.51. The zero-order chi connectivity index (χ0) is 21.4. The van der Waals surface area contributed by atoms with E-state index in [2.05, 4.69) is 10.6 Å². The van der Waals surface area contributed by atoms with E-state index in [1.807, 2.05) is 0 Å². The van der Waals surface area contributed by atoms with Gasteiger partial charge in [-0.2, -0.15) is 4.31 Å². The van der Waals surface area contributed by atoms with Gasteiger partial charge in [-0.1, -0.05) is 50.3 Å². The zero-order valence-corrected chi connectivity index (χ0v) is 18.3. The lowest BCUT2D eigenvalue weighted by Crippen LogP contribution is -2.47. The van der Waals surface area contributed by atoms with Crippen LogP contribution < -0.4 is 10.6 Å². The van der Waals surface area contributed by atoms with E-state index in [-0.39, 0.29) is 18.6 Å². The number of carbonyl (C=O) groups is 2. The second-order valence-electron chi connectivity index (χ2n) is 8.28. The van der Waals surface area contributed by atoms with Crippen molar-refractivity contribution < 1.29 is 18.0 Å². The Hall–Kier alpha value is -1.93. The Kier molecular flexibility index (Phi) is 8.27. The number of amides is 2. The molecule has 1 aromatic rings. The topological polar surface area (TPSA) is 95.6 Å². The summed E-state index contributed by atoms with van der Waals surface area (Å²) in [5.74, 6) is -1.22. The molecule has 0 radical (unpaired) electrons. The highest BCUT2D eigenvalue weighted by molar-refractivity contribution is 7.89. The maximum absolute atomic E-state index is 13.0. The Bertz CT molecular complexity index is 805. The number of nitrogens with one attached hydrogen (secondary N) is 2. The van der Waals surface area contributed by atoms with Gasteiger partial charge in [-0.05, 0) is 44.2 Å². The van der Waals surface area contributed by atoms with Gasteiger partial charge in [-0.25, -0.2) is 8.42 Å². The Morgan fingerprint density at radius 3 is 2.27 bits per heavy atom. The smallest absolute Gasteiger partial charge is 0.309 e. The molecule has 0 bridgehead atoms. The van der Waals surface area contributed by atoms with E-state index in [1.54, 1.807) is 34.6 Å². The monoisotopic (exact) mass is 435 g/mol. The van der Waals surface area contributed by atoms with Gasteiger partial charge in [-0.15, -0.1) is 0 Å². The van der Waals surface area contributed by atoms with Crippen LogP contribution in [0.3, 0.4) is 0 Å². The minimum absolute atomic E-state index is 0.0793. The van der Waals surface area contributed by atoms with Crippen LogP contribution in [0.25, 0.3) is 0 Å². The normalized spacial score (nSPS) is 21.5. The van der Waals surface area contributed by atoms with Crippen molar-refractivity contribution in [2.75, 3.05) is 13.1 Å². The van der Waals surface area contributed by atoms with Crippen molar-refractivity contribution in [3.05, 3.63) is 30.3 Å². The summed E-state index contributed by atoms with van der Waals surface area (Å²) in [5.41, 5.74) is 0. The van der Waals surface area contributed by atoms with Crippen molar-refractivity contribution in [1.29, 1.82) is 0 Å². The van der Waals surface area contributed by atoms with Crippen LogP contribution in [0.1, 0.15) is 64.2 Å². The lowest BCUT2D eigenvalue weighted by molar-refractivity contribution is -0.139. The van der Waals surface area contributed by atoms with Crippen molar-refractivity contribution >= 4 is 21.8 Å². The standard InChI is InChI=1S/C22H33N3O4S/c26-21(22(27)24-18-10-4-1-2-5-11-18)23-16-15-19-12-8-9-17-25(19)30(28,29)20-13-6-3-7-14-20/h3,6-7,13-14,18-19H,1-2,4-5,8-12,15-17H2,(H,23,26)(H,24,27)/t19-/m0/s1. The first-order valence-electron chi connectivity index (χ1n) is 11.1. The van der Waals surface area contributed by atoms with Crippen LogP contribution in [0.2, 0.25) is 0 Å². The number of benzene rings is 1. The average Bonchev–Trinajstić information content (AvgIpc) is 3.03. The predicted octanol–water partition coefficient (Wildman–Crippen LogP) is 2.58. The van der Waals surface area contributed by atoms with Crippen molar-refractivity contribution in [3.8, 4) is 0 Å². The summed E-state index contributed by atoms with van der Waals surface area (Å²) in [5, 5.41) is 5.52. The van der Waals surface area contributed by atoms with Crippen LogP contribution in [-0.2, 0) is 19.6 Å². The highest BCUT2D eigenvalue weighted by atomic mass is 32.2. The lowest BCUT2D eigenvalue weighted by atomic mass is 10.0. The van der Waals surface area contributed by atoms with E-state index < -0.39 is 21.8 Å². The molecular weight excluding hydrogens is 402 g/mol. The number of hydrogen-bond donors (Lipinski definition) is 2. The minimum Gasteiger partial charge on any atom is -0.348 e. The molecule has 8 heteroatoms. The maximum Gasteiger partial charge on any atom is 0.309 e. The fourth-order valence-electron chi connectivity index (χ4n) is 4.41. The summed E-state index contributed by atoms with van der Waals surface area (Å²) in [6.07, 6.45) is 9.43. The molecule has 2 amide bonds. The molecule has 0 spiro atoms. The molecule has 166 valence electrons. The fraction of sp³-hybridized carbons (Fsp3) is 0.636. The summed E-state index contributed by atoms with van der Waals surface area (Å²) < 4.78 is 27.6.